The lowest BCUT2D eigenvalue weighted by atomic mass is 10.2. The Morgan fingerprint density at radius 3 is 0.889 bits per heavy atom. The van der Waals surface area contributed by atoms with Gasteiger partial charge in [-0.05, 0) is 19.3 Å². The van der Waals surface area contributed by atoms with Crippen molar-refractivity contribution < 1.29 is 44.1 Å². The minimum absolute atomic E-state index is 0.164. The van der Waals surface area contributed by atoms with Gasteiger partial charge in [-0.3, -0.25) is 14.4 Å². The fourth-order valence-corrected chi connectivity index (χ4v) is 2.40. The fourth-order valence-electron chi connectivity index (χ4n) is 2.40. The molecule has 0 bridgehead atoms. The summed E-state index contributed by atoms with van der Waals surface area (Å²) in [4.78, 5) is 61.5. The lowest BCUT2D eigenvalue weighted by Gasteiger charge is -1.99. The third-order valence-electron chi connectivity index (χ3n) is 3.88. The molecule has 3 amide bonds. The van der Waals surface area contributed by atoms with Crippen molar-refractivity contribution in [2.24, 2.45) is 0 Å². The molecule has 0 unspecified atom stereocenters. The van der Waals surface area contributed by atoms with Gasteiger partial charge in [0.15, 0.2) is 0 Å². The average Bonchev–Trinajstić information content (AvgIpc) is 3.30. The van der Waals surface area contributed by atoms with Gasteiger partial charge in [0.05, 0.1) is 0 Å². The predicted molar refractivity (Wildman–Crippen MR) is 86.4 cm³/mol. The number of hydrogen-bond acceptors (Lipinski definition) is 6. The largest absolute Gasteiger partial charge is 0.480 e. The Morgan fingerprint density at radius 1 is 0.593 bits per heavy atom. The topological polar surface area (TPSA) is 199 Å². The van der Waals surface area contributed by atoms with Crippen LogP contribution in [0.3, 0.4) is 0 Å². The van der Waals surface area contributed by atoms with Crippen LogP contribution >= 0.6 is 0 Å². The SMILES string of the molecule is O=C1CC[C@H](C(=O)O)N1.O=C1CC[C@H](C(=O)O)N1.O=C1CC[C@H](C(=O)O)N1. The summed E-state index contributed by atoms with van der Waals surface area (Å²) in [5.41, 5.74) is 0. The van der Waals surface area contributed by atoms with E-state index in [0.717, 1.165) is 0 Å². The highest BCUT2D eigenvalue weighted by Crippen LogP contribution is 2.06. The third-order valence-corrected chi connectivity index (χ3v) is 3.88. The molecule has 3 heterocycles. The standard InChI is InChI=1S/3C5H7NO3/c3*7-4-2-1-3(6-4)5(8)9/h3*3H,1-2H2,(H,6,7)(H,8,9)/t3*3-/m111/s1. The molecule has 0 aliphatic carbocycles. The summed E-state index contributed by atoms with van der Waals surface area (Å²) >= 11 is 0. The molecule has 0 aromatic rings. The molecule has 6 N–H and O–H groups in total. The fraction of sp³-hybridized carbons (Fsp3) is 0.600. The number of aliphatic carboxylic acids is 3. The van der Waals surface area contributed by atoms with Crippen LogP contribution < -0.4 is 16.0 Å². The van der Waals surface area contributed by atoms with Crippen LogP contribution in [-0.2, 0) is 28.8 Å². The maximum absolute atomic E-state index is 10.4. The van der Waals surface area contributed by atoms with Gasteiger partial charge < -0.3 is 31.3 Å². The van der Waals surface area contributed by atoms with Gasteiger partial charge in [0, 0.05) is 19.3 Å². The normalized spacial score (nSPS) is 25.8. The van der Waals surface area contributed by atoms with Crippen molar-refractivity contribution in [2.45, 2.75) is 56.7 Å². The van der Waals surface area contributed by atoms with Gasteiger partial charge >= 0.3 is 17.9 Å². The maximum Gasteiger partial charge on any atom is 0.326 e. The van der Waals surface area contributed by atoms with Crippen molar-refractivity contribution in [1.82, 2.24) is 16.0 Å². The molecule has 27 heavy (non-hydrogen) atoms. The van der Waals surface area contributed by atoms with E-state index in [-0.39, 0.29) is 17.7 Å². The van der Waals surface area contributed by atoms with E-state index >= 15 is 0 Å². The zero-order valence-corrected chi connectivity index (χ0v) is 14.3. The van der Waals surface area contributed by atoms with Crippen molar-refractivity contribution in [3.63, 3.8) is 0 Å². The number of carbonyl (C=O) groups excluding carboxylic acids is 3. The van der Waals surface area contributed by atoms with Crippen molar-refractivity contribution in [3.05, 3.63) is 0 Å². The summed E-state index contributed by atoms with van der Waals surface area (Å²) in [6.45, 7) is 0. The first-order valence-corrected chi connectivity index (χ1v) is 8.16. The second-order valence-corrected chi connectivity index (χ2v) is 5.99. The first kappa shape index (κ1) is 21.9. The van der Waals surface area contributed by atoms with Gasteiger partial charge in [0.25, 0.3) is 0 Å². The minimum atomic E-state index is -0.944. The van der Waals surface area contributed by atoms with Gasteiger partial charge in [-0.1, -0.05) is 0 Å². The van der Waals surface area contributed by atoms with Crippen molar-refractivity contribution in [1.29, 1.82) is 0 Å². The summed E-state index contributed by atoms with van der Waals surface area (Å²) in [7, 11) is 0. The van der Waals surface area contributed by atoms with Gasteiger partial charge in [0.2, 0.25) is 17.7 Å². The number of amides is 3. The number of rotatable bonds is 3. The third kappa shape index (κ3) is 7.71. The maximum atomic E-state index is 10.4. The Kier molecular flexibility index (Phi) is 8.17. The quantitative estimate of drug-likeness (QED) is 0.318. The van der Waals surface area contributed by atoms with Gasteiger partial charge in [-0.15, -0.1) is 0 Å². The zero-order valence-electron chi connectivity index (χ0n) is 14.3. The first-order chi connectivity index (χ1) is 12.6. The number of hydrogen-bond donors (Lipinski definition) is 6. The molecule has 12 heteroatoms. The lowest BCUT2D eigenvalue weighted by molar-refractivity contribution is -0.140. The number of carboxylic acid groups (broad SMARTS) is 3. The van der Waals surface area contributed by atoms with Crippen LogP contribution in [-0.4, -0.2) is 69.1 Å². The summed E-state index contributed by atoms with van der Waals surface area (Å²) in [5, 5.41) is 31.9. The van der Waals surface area contributed by atoms with E-state index < -0.39 is 36.0 Å². The van der Waals surface area contributed by atoms with Crippen LogP contribution in [0.4, 0.5) is 0 Å². The second kappa shape index (κ2) is 10.1. The van der Waals surface area contributed by atoms with E-state index in [0.29, 0.717) is 38.5 Å². The number of carbonyl (C=O) groups is 6. The predicted octanol–water partition coefficient (Wildman–Crippen LogP) is -1.95. The highest BCUT2D eigenvalue weighted by molar-refractivity contribution is 5.88. The molecule has 0 spiro atoms. The van der Waals surface area contributed by atoms with Crippen LogP contribution in [0, 0.1) is 0 Å². The van der Waals surface area contributed by atoms with Crippen LogP contribution in [0.25, 0.3) is 0 Å². The van der Waals surface area contributed by atoms with Crippen LogP contribution in [0.1, 0.15) is 38.5 Å². The molecule has 0 aromatic carbocycles. The van der Waals surface area contributed by atoms with E-state index in [1.165, 1.54) is 0 Å². The van der Waals surface area contributed by atoms with E-state index in [1.54, 1.807) is 0 Å². The molecule has 3 atom stereocenters. The van der Waals surface area contributed by atoms with E-state index in [9.17, 15) is 28.8 Å². The molecule has 0 saturated carbocycles. The molecule has 0 radical (unpaired) electrons. The van der Waals surface area contributed by atoms with Crippen molar-refractivity contribution in [2.75, 3.05) is 0 Å². The molecule has 3 fully saturated rings. The number of nitrogens with one attached hydrogen (secondary N) is 3. The van der Waals surface area contributed by atoms with Crippen LogP contribution in [0.2, 0.25) is 0 Å². The van der Waals surface area contributed by atoms with Gasteiger partial charge in [-0.25, -0.2) is 14.4 Å². The molecule has 12 nitrogen and oxygen atoms in total. The molecule has 3 aliphatic heterocycles. The second-order valence-electron chi connectivity index (χ2n) is 5.99. The summed E-state index contributed by atoms with van der Waals surface area (Å²) in [6.07, 6.45) is 2.31. The Bertz CT molecular complexity index is 548. The summed E-state index contributed by atoms with van der Waals surface area (Å²) in [6, 6.07) is -1.92. The van der Waals surface area contributed by atoms with E-state index in [4.69, 9.17) is 15.3 Å². The van der Waals surface area contributed by atoms with Crippen LogP contribution in [0.5, 0.6) is 0 Å². The van der Waals surface area contributed by atoms with Gasteiger partial charge in [-0.2, -0.15) is 0 Å². The monoisotopic (exact) mass is 387 g/mol. The Hall–Kier alpha value is -3.18. The van der Waals surface area contributed by atoms with Gasteiger partial charge in [0.1, 0.15) is 18.1 Å². The molecule has 3 aliphatic rings. The molecule has 0 aromatic heterocycles. The molecule has 150 valence electrons. The molecular weight excluding hydrogens is 366 g/mol. The molecule has 3 rings (SSSR count). The van der Waals surface area contributed by atoms with E-state index in [2.05, 4.69) is 16.0 Å². The molecule has 3 saturated heterocycles. The zero-order chi connectivity index (χ0) is 20.6. The Labute approximate surface area is 153 Å². The highest BCUT2D eigenvalue weighted by atomic mass is 16.4. The van der Waals surface area contributed by atoms with E-state index in [1.807, 2.05) is 0 Å². The Morgan fingerprint density at radius 2 is 0.815 bits per heavy atom. The molecular formula is C15H21N3O9. The van der Waals surface area contributed by atoms with Crippen molar-refractivity contribution >= 4 is 35.6 Å². The highest BCUT2D eigenvalue weighted by Gasteiger charge is 2.27. The van der Waals surface area contributed by atoms with Crippen molar-refractivity contribution in [3.8, 4) is 0 Å². The summed E-state index contributed by atoms with van der Waals surface area (Å²) in [5.74, 6) is -3.32. The smallest absolute Gasteiger partial charge is 0.326 e. The first-order valence-electron chi connectivity index (χ1n) is 8.16. The number of carboxylic acids is 3. The van der Waals surface area contributed by atoms with Crippen LogP contribution in [0.15, 0.2) is 0 Å². The lowest BCUT2D eigenvalue weighted by Crippen LogP contribution is -2.32. The average molecular weight is 387 g/mol. The minimum Gasteiger partial charge on any atom is -0.480 e. The summed E-state index contributed by atoms with van der Waals surface area (Å²) < 4.78 is 0. The Balaban J connectivity index is 0.000000202.